The highest BCUT2D eigenvalue weighted by Crippen LogP contribution is 2.56. The van der Waals surface area contributed by atoms with Crippen LogP contribution < -0.4 is 11.2 Å². The van der Waals surface area contributed by atoms with Crippen molar-refractivity contribution < 1.29 is 19.3 Å². The Morgan fingerprint density at radius 2 is 1.39 bits per heavy atom. The molecule has 5 rings (SSSR count). The van der Waals surface area contributed by atoms with Crippen LogP contribution in [0.3, 0.4) is 0 Å². The van der Waals surface area contributed by atoms with Gasteiger partial charge in [-0.3, -0.25) is 14.3 Å². The number of aromatic amines is 1. The van der Waals surface area contributed by atoms with Crippen LogP contribution in [0, 0.1) is 5.82 Å². The maximum absolute atomic E-state index is 14.8. The first-order valence-corrected chi connectivity index (χ1v) is 11.6. The minimum absolute atomic E-state index is 0.178. The van der Waals surface area contributed by atoms with Gasteiger partial charge in [0.15, 0.2) is 5.72 Å². The number of aliphatic hydroxyl groups is 2. The Morgan fingerprint density at radius 3 is 1.81 bits per heavy atom. The molecule has 0 saturated carbocycles. The van der Waals surface area contributed by atoms with Crippen LogP contribution in [0.25, 0.3) is 0 Å². The van der Waals surface area contributed by atoms with Crippen molar-refractivity contribution in [1.82, 2.24) is 9.55 Å². The molecule has 0 radical (unpaired) electrons. The summed E-state index contributed by atoms with van der Waals surface area (Å²) < 4.78 is 22.3. The van der Waals surface area contributed by atoms with Crippen molar-refractivity contribution in [2.24, 2.45) is 0 Å². The van der Waals surface area contributed by atoms with Gasteiger partial charge in [-0.05, 0) is 16.7 Å². The topological polar surface area (TPSA) is 105 Å². The van der Waals surface area contributed by atoms with Crippen molar-refractivity contribution in [1.29, 1.82) is 0 Å². The average Bonchev–Trinajstić information content (AvgIpc) is 3.25. The number of hydrogen-bond donors (Lipinski definition) is 3. The van der Waals surface area contributed by atoms with Gasteiger partial charge in [-0.15, -0.1) is 0 Å². The Hall–Kier alpha value is -3.85. The molecule has 0 spiro atoms. The van der Waals surface area contributed by atoms with Gasteiger partial charge >= 0.3 is 5.69 Å². The van der Waals surface area contributed by atoms with E-state index in [-0.39, 0.29) is 6.42 Å². The first-order chi connectivity index (χ1) is 17.4. The van der Waals surface area contributed by atoms with Gasteiger partial charge in [0.25, 0.3) is 5.56 Å². The Morgan fingerprint density at radius 1 is 0.917 bits per heavy atom. The molecular formula is C28H25FN2O5. The van der Waals surface area contributed by atoms with Crippen LogP contribution in [0.15, 0.2) is 107 Å². The van der Waals surface area contributed by atoms with Gasteiger partial charge in [-0.2, -0.15) is 4.39 Å². The summed E-state index contributed by atoms with van der Waals surface area (Å²) in [5, 5.41) is 21.1. The molecular weight excluding hydrogens is 463 g/mol. The molecule has 1 aliphatic rings. The fourth-order valence-electron chi connectivity index (χ4n) is 5.49. The molecule has 36 heavy (non-hydrogen) atoms. The number of hydrogen-bond acceptors (Lipinski definition) is 5. The molecule has 3 N–H and O–H groups in total. The number of H-pyrrole nitrogens is 1. The standard InChI is InChI=1S/C28H25FN2O5/c29-22-17-31(26(35)30-25(22)34)27(16-23(33)24(18-32)36-27)28(19-10-4-1-5-11-19,20-12-6-2-7-13-20)21-14-8-3-9-15-21/h1-15,17,23-24,32-33H,16,18H2,(H,30,34,35)/t23-,24+,27-/m0/s1. The second-order valence-electron chi connectivity index (χ2n) is 8.85. The Balaban J connectivity index is 2.01. The molecule has 0 unspecified atom stereocenters. The van der Waals surface area contributed by atoms with Gasteiger partial charge < -0.3 is 14.9 Å². The Labute approximate surface area is 206 Å². The second kappa shape index (κ2) is 9.31. The van der Waals surface area contributed by atoms with Gasteiger partial charge in [-0.25, -0.2) is 4.79 Å². The molecule has 0 amide bonds. The molecule has 1 saturated heterocycles. The fraction of sp³-hybridized carbons (Fsp3) is 0.214. The zero-order valence-electron chi connectivity index (χ0n) is 19.3. The van der Waals surface area contributed by atoms with Crippen molar-refractivity contribution >= 4 is 0 Å². The highest BCUT2D eigenvalue weighted by Gasteiger charge is 2.63. The smallest absolute Gasteiger partial charge is 0.330 e. The van der Waals surface area contributed by atoms with Crippen molar-refractivity contribution in [2.75, 3.05) is 6.61 Å². The van der Waals surface area contributed by atoms with Gasteiger partial charge in [-0.1, -0.05) is 91.0 Å². The molecule has 0 aliphatic carbocycles. The quantitative estimate of drug-likeness (QED) is 0.362. The van der Waals surface area contributed by atoms with Crippen molar-refractivity contribution in [3.05, 3.63) is 141 Å². The summed E-state index contributed by atoms with van der Waals surface area (Å²) in [4.78, 5) is 27.4. The van der Waals surface area contributed by atoms with Crippen LogP contribution in [0.5, 0.6) is 0 Å². The molecule has 1 aromatic heterocycles. The van der Waals surface area contributed by atoms with E-state index in [1.165, 1.54) is 0 Å². The number of aliphatic hydroxyl groups excluding tert-OH is 2. The van der Waals surface area contributed by atoms with E-state index in [1.807, 2.05) is 96.0 Å². The number of rotatable bonds is 6. The monoisotopic (exact) mass is 488 g/mol. The molecule has 7 nitrogen and oxygen atoms in total. The molecule has 2 heterocycles. The summed E-state index contributed by atoms with van der Waals surface area (Å²) in [5.74, 6) is -1.18. The lowest BCUT2D eigenvalue weighted by Crippen LogP contribution is -2.59. The molecule has 1 aliphatic heterocycles. The first-order valence-electron chi connectivity index (χ1n) is 11.6. The summed E-state index contributed by atoms with van der Waals surface area (Å²) >= 11 is 0. The fourth-order valence-corrected chi connectivity index (χ4v) is 5.49. The van der Waals surface area contributed by atoms with E-state index in [0.29, 0.717) is 16.7 Å². The summed E-state index contributed by atoms with van der Waals surface area (Å²) in [6, 6.07) is 27.8. The number of nitrogens with zero attached hydrogens (tertiary/aromatic N) is 1. The maximum atomic E-state index is 14.8. The van der Waals surface area contributed by atoms with E-state index in [2.05, 4.69) is 0 Å². The van der Waals surface area contributed by atoms with Gasteiger partial charge in [0.1, 0.15) is 6.10 Å². The first kappa shape index (κ1) is 23.9. The van der Waals surface area contributed by atoms with Crippen LogP contribution in [0.2, 0.25) is 0 Å². The average molecular weight is 489 g/mol. The summed E-state index contributed by atoms with van der Waals surface area (Å²) in [5.41, 5.74) is -3.07. The molecule has 3 aromatic carbocycles. The predicted molar refractivity (Wildman–Crippen MR) is 131 cm³/mol. The lowest BCUT2D eigenvalue weighted by molar-refractivity contribution is -0.147. The third-order valence-corrected chi connectivity index (χ3v) is 6.94. The highest BCUT2D eigenvalue weighted by atomic mass is 19.1. The third-order valence-electron chi connectivity index (χ3n) is 6.94. The second-order valence-corrected chi connectivity index (χ2v) is 8.85. The lowest BCUT2D eigenvalue weighted by atomic mass is 9.61. The van der Waals surface area contributed by atoms with Crippen LogP contribution >= 0.6 is 0 Å². The van der Waals surface area contributed by atoms with Crippen LogP contribution in [0.1, 0.15) is 23.1 Å². The number of benzene rings is 3. The molecule has 3 atom stereocenters. The zero-order valence-corrected chi connectivity index (χ0v) is 19.3. The minimum Gasteiger partial charge on any atom is -0.394 e. The maximum Gasteiger partial charge on any atom is 0.330 e. The number of aromatic nitrogens is 2. The van der Waals surface area contributed by atoms with Gasteiger partial charge in [0.05, 0.1) is 24.3 Å². The minimum atomic E-state index is -1.79. The highest BCUT2D eigenvalue weighted by molar-refractivity contribution is 5.53. The molecule has 8 heteroatoms. The lowest BCUT2D eigenvalue weighted by Gasteiger charge is -2.50. The summed E-state index contributed by atoms with van der Waals surface area (Å²) in [7, 11) is 0. The van der Waals surface area contributed by atoms with E-state index >= 15 is 0 Å². The molecule has 1 fully saturated rings. The van der Waals surface area contributed by atoms with E-state index in [1.54, 1.807) is 0 Å². The number of nitrogens with one attached hydrogen (secondary N) is 1. The van der Waals surface area contributed by atoms with Crippen molar-refractivity contribution in [3.63, 3.8) is 0 Å². The largest absolute Gasteiger partial charge is 0.394 e. The van der Waals surface area contributed by atoms with E-state index in [4.69, 9.17) is 4.74 Å². The number of ether oxygens (including phenoxy) is 1. The van der Waals surface area contributed by atoms with E-state index < -0.39 is 47.0 Å². The summed E-state index contributed by atoms with van der Waals surface area (Å²) in [6.07, 6.45) is -1.62. The molecule has 184 valence electrons. The van der Waals surface area contributed by atoms with Crippen LogP contribution in [0.4, 0.5) is 4.39 Å². The predicted octanol–water partition coefficient (Wildman–Crippen LogP) is 2.51. The van der Waals surface area contributed by atoms with Crippen LogP contribution in [-0.2, 0) is 15.9 Å². The molecule has 4 aromatic rings. The third kappa shape index (κ3) is 3.53. The Kier molecular flexibility index (Phi) is 6.17. The number of halogens is 1. The molecule has 0 bridgehead atoms. The SMILES string of the molecule is O=c1[nH]c(=O)n([C@@]2(C(c3ccccc3)(c3ccccc3)c3ccccc3)C[C@H](O)[C@@H](CO)O2)cc1F. The summed E-state index contributed by atoms with van der Waals surface area (Å²) in [6.45, 7) is -0.530. The van der Waals surface area contributed by atoms with Crippen molar-refractivity contribution in [3.8, 4) is 0 Å². The van der Waals surface area contributed by atoms with Crippen molar-refractivity contribution in [2.45, 2.75) is 29.8 Å². The van der Waals surface area contributed by atoms with Crippen LogP contribution in [-0.4, -0.2) is 38.6 Å². The van der Waals surface area contributed by atoms with Gasteiger partial charge in [0, 0.05) is 6.42 Å². The Bertz CT molecular complexity index is 1360. The van der Waals surface area contributed by atoms with E-state index in [0.717, 1.165) is 10.8 Å². The normalized spacial score (nSPS) is 22.0. The zero-order chi connectivity index (χ0) is 25.3. The van der Waals surface area contributed by atoms with E-state index in [9.17, 15) is 24.2 Å². The van der Waals surface area contributed by atoms with Gasteiger partial charge in [0.2, 0.25) is 5.82 Å².